The van der Waals surface area contributed by atoms with E-state index in [9.17, 15) is 26.4 Å². The number of hydrogen-bond donors (Lipinski definition) is 1. The van der Waals surface area contributed by atoms with Crippen molar-refractivity contribution in [3.63, 3.8) is 0 Å². The van der Waals surface area contributed by atoms with Crippen LogP contribution in [0.2, 0.25) is 0 Å². The van der Waals surface area contributed by atoms with Crippen LogP contribution in [-0.4, -0.2) is 31.7 Å². The van der Waals surface area contributed by atoms with Gasteiger partial charge in [0.2, 0.25) is 15.9 Å². The van der Waals surface area contributed by atoms with Crippen LogP contribution in [0, 0.1) is 19.8 Å². The number of alkyl halides is 3. The summed E-state index contributed by atoms with van der Waals surface area (Å²) < 4.78 is 66.4. The zero-order chi connectivity index (χ0) is 22.1. The minimum absolute atomic E-state index is 0.0144. The molecule has 0 spiro atoms. The van der Waals surface area contributed by atoms with Crippen LogP contribution in [0.3, 0.4) is 0 Å². The molecule has 0 atom stereocenters. The van der Waals surface area contributed by atoms with Gasteiger partial charge in [-0.05, 0) is 62.1 Å². The lowest BCUT2D eigenvalue weighted by molar-refractivity contribution is -0.139. The number of benzene rings is 2. The Morgan fingerprint density at radius 3 is 2.17 bits per heavy atom. The van der Waals surface area contributed by atoms with E-state index < -0.39 is 32.6 Å². The second-order valence-electron chi connectivity index (χ2n) is 7.54. The smallest absolute Gasteiger partial charge is 0.326 e. The molecule has 1 heterocycles. The van der Waals surface area contributed by atoms with Crippen LogP contribution in [0.25, 0.3) is 0 Å². The van der Waals surface area contributed by atoms with Crippen molar-refractivity contribution in [3.05, 3.63) is 59.2 Å². The summed E-state index contributed by atoms with van der Waals surface area (Å²) in [6, 6.07) is 9.83. The minimum Gasteiger partial charge on any atom is -0.326 e. The Hall–Kier alpha value is -2.39. The average Bonchev–Trinajstić information content (AvgIpc) is 2.66. The third kappa shape index (κ3) is 4.84. The molecule has 2 aromatic rings. The van der Waals surface area contributed by atoms with Gasteiger partial charge in [0.25, 0.3) is 0 Å². The predicted octanol–water partition coefficient (Wildman–Crippen LogP) is 4.36. The lowest BCUT2D eigenvalue weighted by Crippen LogP contribution is -2.41. The molecular weight excluding hydrogens is 417 g/mol. The number of rotatable bonds is 4. The van der Waals surface area contributed by atoms with Gasteiger partial charge < -0.3 is 5.32 Å². The number of nitrogens with zero attached hydrogens (tertiary/aromatic N) is 1. The SMILES string of the molecule is Cc1cc(C)cc(NC(=O)C2CCN(S(=O)(=O)c3ccccc3C(F)(F)F)CC2)c1. The summed E-state index contributed by atoms with van der Waals surface area (Å²) in [6.45, 7) is 3.81. The first-order chi connectivity index (χ1) is 14.0. The van der Waals surface area contributed by atoms with E-state index in [0.29, 0.717) is 5.69 Å². The lowest BCUT2D eigenvalue weighted by Gasteiger charge is -2.31. The van der Waals surface area contributed by atoms with Gasteiger partial charge in [0, 0.05) is 24.7 Å². The van der Waals surface area contributed by atoms with E-state index in [2.05, 4.69) is 5.32 Å². The highest BCUT2D eigenvalue weighted by atomic mass is 32.2. The second-order valence-corrected chi connectivity index (χ2v) is 9.44. The molecule has 9 heteroatoms. The summed E-state index contributed by atoms with van der Waals surface area (Å²) >= 11 is 0. The fraction of sp³-hybridized carbons (Fsp3) is 0.381. The minimum atomic E-state index is -4.77. The molecule has 1 aliphatic rings. The van der Waals surface area contributed by atoms with Crippen molar-refractivity contribution in [2.45, 2.75) is 37.8 Å². The molecule has 1 aliphatic heterocycles. The third-order valence-corrected chi connectivity index (χ3v) is 7.08. The Labute approximate surface area is 173 Å². The highest BCUT2D eigenvalue weighted by Gasteiger charge is 2.40. The highest BCUT2D eigenvalue weighted by Crippen LogP contribution is 2.36. The van der Waals surface area contributed by atoms with Crippen LogP contribution in [0.4, 0.5) is 18.9 Å². The number of anilines is 1. The van der Waals surface area contributed by atoms with Crippen molar-refractivity contribution in [2.24, 2.45) is 5.92 Å². The summed E-state index contributed by atoms with van der Waals surface area (Å²) in [4.78, 5) is 11.8. The van der Waals surface area contributed by atoms with E-state index in [-0.39, 0.29) is 31.8 Å². The van der Waals surface area contributed by atoms with Gasteiger partial charge in [0.05, 0.1) is 10.5 Å². The Kier molecular flexibility index (Phi) is 6.24. The van der Waals surface area contributed by atoms with Crippen LogP contribution < -0.4 is 5.32 Å². The fourth-order valence-corrected chi connectivity index (χ4v) is 5.40. The molecule has 162 valence electrons. The first-order valence-electron chi connectivity index (χ1n) is 9.54. The predicted molar refractivity (Wildman–Crippen MR) is 107 cm³/mol. The van der Waals surface area contributed by atoms with E-state index in [1.165, 1.54) is 6.07 Å². The number of carbonyl (C=O) groups excluding carboxylic acids is 1. The molecule has 0 saturated carbocycles. The monoisotopic (exact) mass is 440 g/mol. The number of nitrogens with one attached hydrogen (secondary N) is 1. The van der Waals surface area contributed by atoms with E-state index in [0.717, 1.165) is 33.6 Å². The van der Waals surface area contributed by atoms with Crippen molar-refractivity contribution in [1.29, 1.82) is 0 Å². The molecule has 1 amide bonds. The van der Waals surface area contributed by atoms with E-state index in [1.54, 1.807) is 0 Å². The first kappa shape index (κ1) is 22.3. The Balaban J connectivity index is 1.70. The van der Waals surface area contributed by atoms with Crippen LogP contribution >= 0.6 is 0 Å². The summed E-state index contributed by atoms with van der Waals surface area (Å²) in [7, 11) is -4.31. The molecule has 0 aliphatic carbocycles. The third-order valence-electron chi connectivity index (χ3n) is 5.12. The molecular formula is C21H23F3N2O3S. The molecule has 0 bridgehead atoms. The van der Waals surface area contributed by atoms with E-state index in [1.807, 2.05) is 32.0 Å². The topological polar surface area (TPSA) is 66.5 Å². The summed E-state index contributed by atoms with van der Waals surface area (Å²) in [6.07, 6.45) is -4.29. The van der Waals surface area contributed by atoms with Gasteiger partial charge in [0.1, 0.15) is 0 Å². The maximum atomic E-state index is 13.2. The average molecular weight is 440 g/mol. The van der Waals surface area contributed by atoms with Crippen molar-refractivity contribution in [3.8, 4) is 0 Å². The molecule has 30 heavy (non-hydrogen) atoms. The standard InChI is InChI=1S/C21H23F3N2O3S/c1-14-11-15(2)13-17(12-14)25-20(27)16-7-9-26(10-8-16)30(28,29)19-6-4-3-5-18(19)21(22,23)24/h3-6,11-13,16H,7-10H2,1-2H3,(H,25,27). The number of piperidine rings is 1. The van der Waals surface area contributed by atoms with Gasteiger partial charge in [0.15, 0.2) is 0 Å². The molecule has 2 aromatic carbocycles. The maximum Gasteiger partial charge on any atom is 0.417 e. The van der Waals surface area contributed by atoms with Crippen LogP contribution in [0.15, 0.2) is 47.4 Å². The zero-order valence-electron chi connectivity index (χ0n) is 16.7. The summed E-state index contributed by atoms with van der Waals surface area (Å²) in [5, 5.41) is 2.85. The number of amides is 1. The number of halogens is 3. The van der Waals surface area contributed by atoms with Crippen molar-refractivity contribution in [1.82, 2.24) is 4.31 Å². The molecule has 1 N–H and O–H groups in total. The summed E-state index contributed by atoms with van der Waals surface area (Å²) in [5.74, 6) is -0.622. The quantitative estimate of drug-likeness (QED) is 0.768. The normalized spacial score (nSPS) is 16.4. The molecule has 0 aromatic heterocycles. The fourth-order valence-electron chi connectivity index (χ4n) is 3.71. The Morgan fingerprint density at radius 1 is 1.03 bits per heavy atom. The number of hydrogen-bond acceptors (Lipinski definition) is 3. The van der Waals surface area contributed by atoms with Crippen LogP contribution in [-0.2, 0) is 21.0 Å². The van der Waals surface area contributed by atoms with Gasteiger partial charge in [-0.15, -0.1) is 0 Å². The summed E-state index contributed by atoms with van der Waals surface area (Å²) in [5.41, 5.74) is 1.51. The zero-order valence-corrected chi connectivity index (χ0v) is 17.5. The number of carbonyl (C=O) groups is 1. The Morgan fingerprint density at radius 2 is 1.60 bits per heavy atom. The van der Waals surface area contributed by atoms with E-state index >= 15 is 0 Å². The maximum absolute atomic E-state index is 13.2. The van der Waals surface area contributed by atoms with Crippen molar-refractivity contribution < 1.29 is 26.4 Å². The molecule has 5 nitrogen and oxygen atoms in total. The molecule has 0 radical (unpaired) electrons. The van der Waals surface area contributed by atoms with E-state index in [4.69, 9.17) is 0 Å². The number of aryl methyl sites for hydroxylation is 2. The Bertz CT molecular complexity index is 1020. The van der Waals surface area contributed by atoms with Gasteiger partial charge in [-0.3, -0.25) is 4.79 Å². The molecule has 1 saturated heterocycles. The second kappa shape index (κ2) is 8.39. The molecule has 3 rings (SSSR count). The van der Waals surface area contributed by atoms with Crippen LogP contribution in [0.1, 0.15) is 29.5 Å². The first-order valence-corrected chi connectivity index (χ1v) is 11.0. The van der Waals surface area contributed by atoms with Crippen molar-refractivity contribution >= 4 is 21.6 Å². The highest BCUT2D eigenvalue weighted by molar-refractivity contribution is 7.89. The van der Waals surface area contributed by atoms with Gasteiger partial charge >= 0.3 is 6.18 Å². The van der Waals surface area contributed by atoms with Crippen molar-refractivity contribution in [2.75, 3.05) is 18.4 Å². The number of sulfonamides is 1. The van der Waals surface area contributed by atoms with Gasteiger partial charge in [-0.1, -0.05) is 18.2 Å². The van der Waals surface area contributed by atoms with Gasteiger partial charge in [-0.25, -0.2) is 8.42 Å². The lowest BCUT2D eigenvalue weighted by atomic mass is 9.97. The van der Waals surface area contributed by atoms with Crippen LogP contribution in [0.5, 0.6) is 0 Å². The molecule has 1 fully saturated rings. The molecule has 0 unspecified atom stereocenters. The van der Waals surface area contributed by atoms with Gasteiger partial charge in [-0.2, -0.15) is 17.5 Å². The largest absolute Gasteiger partial charge is 0.417 e.